The van der Waals surface area contributed by atoms with Gasteiger partial charge in [-0.1, -0.05) is 12.5 Å². The Kier molecular flexibility index (Phi) is 9.91. The van der Waals surface area contributed by atoms with Crippen molar-refractivity contribution >= 4 is 17.9 Å². The molecule has 22 heavy (non-hydrogen) atoms. The van der Waals surface area contributed by atoms with E-state index >= 15 is 0 Å². The van der Waals surface area contributed by atoms with Crippen LogP contribution in [-0.2, 0) is 28.6 Å². The van der Waals surface area contributed by atoms with Crippen LogP contribution in [0.1, 0.15) is 41.0 Å². The molecule has 0 rings (SSSR count). The van der Waals surface area contributed by atoms with Crippen LogP contribution >= 0.6 is 0 Å². The number of hydrogen-bond acceptors (Lipinski definition) is 6. The predicted octanol–water partition coefficient (Wildman–Crippen LogP) is 2.26. The van der Waals surface area contributed by atoms with Crippen molar-refractivity contribution in [3.63, 3.8) is 0 Å². The zero-order valence-corrected chi connectivity index (χ0v) is 14.0. The highest BCUT2D eigenvalue weighted by molar-refractivity contribution is 5.95. The van der Waals surface area contributed by atoms with Gasteiger partial charge in [0.25, 0.3) is 0 Å². The largest absolute Gasteiger partial charge is 0.465 e. The summed E-state index contributed by atoms with van der Waals surface area (Å²) in [4.78, 5) is 35.3. The molecule has 0 N–H and O–H groups in total. The Balaban J connectivity index is 4.95. The molecule has 0 aliphatic rings. The van der Waals surface area contributed by atoms with Crippen LogP contribution in [0, 0.1) is 11.8 Å². The Morgan fingerprint density at radius 3 is 1.77 bits per heavy atom. The monoisotopic (exact) mass is 314 g/mol. The molecular formula is C16H26O6. The molecule has 1 atom stereocenters. The normalized spacial score (nSPS) is 12.7. The predicted molar refractivity (Wildman–Crippen MR) is 80.9 cm³/mol. The first-order chi connectivity index (χ1) is 10.4. The van der Waals surface area contributed by atoms with Crippen molar-refractivity contribution < 1.29 is 28.6 Å². The molecule has 0 saturated carbocycles. The fourth-order valence-corrected chi connectivity index (χ4v) is 2.09. The molecule has 0 heterocycles. The first-order valence-electron chi connectivity index (χ1n) is 7.54. The zero-order valence-electron chi connectivity index (χ0n) is 14.0. The third-order valence-electron chi connectivity index (χ3n) is 2.94. The van der Waals surface area contributed by atoms with Crippen molar-refractivity contribution in [1.82, 2.24) is 0 Å². The summed E-state index contributed by atoms with van der Waals surface area (Å²) in [6.07, 6.45) is 1.76. The molecule has 0 aromatic heterocycles. The molecule has 0 aromatic rings. The van der Waals surface area contributed by atoms with E-state index in [-0.39, 0.29) is 19.1 Å². The standard InChI is InChI=1S/C16H26O6/c1-6-20-13(17)10-11(4)9-12(5)14(15(18)21-7-2)16(19)22-8-3/h10,12,14H,6-9H2,1-5H3/b11-10+. The van der Waals surface area contributed by atoms with E-state index in [1.807, 2.05) is 0 Å². The highest BCUT2D eigenvalue weighted by Crippen LogP contribution is 2.23. The number of rotatable bonds is 9. The fourth-order valence-electron chi connectivity index (χ4n) is 2.09. The van der Waals surface area contributed by atoms with Crippen LogP contribution in [0.2, 0.25) is 0 Å². The molecule has 0 aliphatic heterocycles. The van der Waals surface area contributed by atoms with Gasteiger partial charge in [0.15, 0.2) is 5.92 Å². The Hall–Kier alpha value is -1.85. The van der Waals surface area contributed by atoms with Crippen LogP contribution in [-0.4, -0.2) is 37.7 Å². The third-order valence-corrected chi connectivity index (χ3v) is 2.94. The second kappa shape index (κ2) is 10.8. The highest BCUT2D eigenvalue weighted by atomic mass is 16.6. The average molecular weight is 314 g/mol. The van der Waals surface area contributed by atoms with Crippen LogP contribution in [0.4, 0.5) is 0 Å². The Labute approximate surface area is 131 Å². The number of ether oxygens (including phenoxy) is 3. The van der Waals surface area contributed by atoms with E-state index in [2.05, 4.69) is 0 Å². The van der Waals surface area contributed by atoms with Crippen molar-refractivity contribution in [3.8, 4) is 0 Å². The molecule has 0 amide bonds. The van der Waals surface area contributed by atoms with Crippen LogP contribution < -0.4 is 0 Å². The number of allylic oxidation sites excluding steroid dienone is 1. The topological polar surface area (TPSA) is 78.9 Å². The van der Waals surface area contributed by atoms with Crippen LogP contribution in [0.25, 0.3) is 0 Å². The quantitative estimate of drug-likeness (QED) is 0.281. The van der Waals surface area contributed by atoms with Gasteiger partial charge < -0.3 is 14.2 Å². The summed E-state index contributed by atoms with van der Waals surface area (Å²) in [6, 6.07) is 0. The van der Waals surface area contributed by atoms with Gasteiger partial charge in [0.2, 0.25) is 0 Å². The lowest BCUT2D eigenvalue weighted by molar-refractivity contribution is -0.164. The Morgan fingerprint density at radius 2 is 1.36 bits per heavy atom. The Bertz CT molecular complexity index is 395. The minimum Gasteiger partial charge on any atom is -0.465 e. The second-order valence-electron chi connectivity index (χ2n) is 4.91. The summed E-state index contributed by atoms with van der Waals surface area (Å²) < 4.78 is 14.7. The van der Waals surface area contributed by atoms with Crippen LogP contribution in [0.15, 0.2) is 11.6 Å². The van der Waals surface area contributed by atoms with Crippen LogP contribution in [0.5, 0.6) is 0 Å². The summed E-state index contributed by atoms with van der Waals surface area (Å²) in [5.41, 5.74) is 0.726. The molecule has 0 saturated heterocycles. The molecule has 1 unspecified atom stereocenters. The average Bonchev–Trinajstić information content (AvgIpc) is 2.39. The second-order valence-corrected chi connectivity index (χ2v) is 4.91. The van der Waals surface area contributed by atoms with E-state index in [4.69, 9.17) is 14.2 Å². The van der Waals surface area contributed by atoms with Gasteiger partial charge in [0, 0.05) is 6.08 Å². The van der Waals surface area contributed by atoms with Crippen molar-refractivity contribution in [2.24, 2.45) is 11.8 Å². The summed E-state index contributed by atoms with van der Waals surface area (Å²) in [5, 5.41) is 0. The summed E-state index contributed by atoms with van der Waals surface area (Å²) >= 11 is 0. The number of carbonyl (C=O) groups is 3. The van der Waals surface area contributed by atoms with E-state index in [9.17, 15) is 14.4 Å². The van der Waals surface area contributed by atoms with Crippen molar-refractivity contribution in [1.29, 1.82) is 0 Å². The van der Waals surface area contributed by atoms with E-state index in [0.29, 0.717) is 13.0 Å². The SMILES string of the molecule is CCOC(=O)/C=C(\C)CC(C)C(C(=O)OCC)C(=O)OCC. The summed E-state index contributed by atoms with van der Waals surface area (Å²) in [5.74, 6) is -2.97. The van der Waals surface area contributed by atoms with E-state index in [1.54, 1.807) is 34.6 Å². The van der Waals surface area contributed by atoms with Gasteiger partial charge >= 0.3 is 17.9 Å². The van der Waals surface area contributed by atoms with E-state index in [1.165, 1.54) is 6.08 Å². The van der Waals surface area contributed by atoms with Gasteiger partial charge in [0.05, 0.1) is 19.8 Å². The molecular weight excluding hydrogens is 288 g/mol. The number of carbonyl (C=O) groups excluding carboxylic acids is 3. The van der Waals surface area contributed by atoms with Crippen molar-refractivity contribution in [3.05, 3.63) is 11.6 Å². The molecule has 0 aromatic carbocycles. The molecule has 0 fully saturated rings. The van der Waals surface area contributed by atoms with Crippen molar-refractivity contribution in [2.45, 2.75) is 41.0 Å². The van der Waals surface area contributed by atoms with E-state index in [0.717, 1.165) is 5.57 Å². The third kappa shape index (κ3) is 7.24. The van der Waals surface area contributed by atoms with Gasteiger partial charge in [-0.2, -0.15) is 0 Å². The molecule has 6 heteroatoms. The first-order valence-corrected chi connectivity index (χ1v) is 7.54. The van der Waals surface area contributed by atoms with Gasteiger partial charge in [0.1, 0.15) is 0 Å². The minimum atomic E-state index is -0.995. The lowest BCUT2D eigenvalue weighted by atomic mass is 9.88. The lowest BCUT2D eigenvalue weighted by Crippen LogP contribution is -2.33. The molecule has 126 valence electrons. The maximum Gasteiger partial charge on any atom is 0.330 e. The van der Waals surface area contributed by atoms with Gasteiger partial charge in [-0.25, -0.2) is 4.79 Å². The van der Waals surface area contributed by atoms with Gasteiger partial charge in [-0.3, -0.25) is 9.59 Å². The fraction of sp³-hybridized carbons (Fsp3) is 0.688. The summed E-state index contributed by atoms with van der Waals surface area (Å²) in [6.45, 7) is 9.26. The van der Waals surface area contributed by atoms with Gasteiger partial charge in [-0.05, 0) is 40.0 Å². The minimum absolute atomic E-state index is 0.194. The number of hydrogen-bond donors (Lipinski definition) is 0. The maximum atomic E-state index is 12.0. The molecule has 0 aliphatic carbocycles. The van der Waals surface area contributed by atoms with Gasteiger partial charge in [-0.15, -0.1) is 0 Å². The lowest BCUT2D eigenvalue weighted by Gasteiger charge is -2.21. The molecule has 6 nitrogen and oxygen atoms in total. The maximum absolute atomic E-state index is 12.0. The molecule has 0 bridgehead atoms. The Morgan fingerprint density at radius 1 is 0.909 bits per heavy atom. The zero-order chi connectivity index (χ0) is 17.1. The van der Waals surface area contributed by atoms with E-state index < -0.39 is 23.8 Å². The molecule has 0 radical (unpaired) electrons. The number of esters is 3. The molecule has 0 spiro atoms. The van der Waals surface area contributed by atoms with Crippen molar-refractivity contribution in [2.75, 3.05) is 19.8 Å². The van der Waals surface area contributed by atoms with Crippen LogP contribution in [0.3, 0.4) is 0 Å². The summed E-state index contributed by atoms with van der Waals surface area (Å²) in [7, 11) is 0. The smallest absolute Gasteiger partial charge is 0.330 e. The highest BCUT2D eigenvalue weighted by Gasteiger charge is 2.34. The first kappa shape index (κ1) is 20.1.